The summed E-state index contributed by atoms with van der Waals surface area (Å²) >= 11 is 0. The van der Waals surface area contributed by atoms with Crippen molar-refractivity contribution in [1.82, 2.24) is 0 Å². The van der Waals surface area contributed by atoms with Crippen LogP contribution in [0.2, 0.25) is 0 Å². The topological polar surface area (TPSA) is 75.4 Å². The van der Waals surface area contributed by atoms with Gasteiger partial charge < -0.3 is 16.0 Å². The SMILES string of the molecule is NC(=O)c1cc2c(cc1N1CCCC1)NC(=O)CC2/C=C/c1ccccc1. The van der Waals surface area contributed by atoms with E-state index in [1.807, 2.05) is 54.6 Å². The van der Waals surface area contributed by atoms with E-state index in [4.69, 9.17) is 5.73 Å². The average Bonchev–Trinajstić information content (AvgIpc) is 3.20. The van der Waals surface area contributed by atoms with Crippen LogP contribution in [0, 0.1) is 0 Å². The molecule has 2 aliphatic rings. The van der Waals surface area contributed by atoms with Crippen LogP contribution in [-0.4, -0.2) is 24.9 Å². The first-order valence-electron chi connectivity index (χ1n) is 9.37. The Morgan fingerprint density at radius 2 is 1.89 bits per heavy atom. The third kappa shape index (κ3) is 3.58. The number of rotatable bonds is 4. The van der Waals surface area contributed by atoms with Crippen LogP contribution in [-0.2, 0) is 4.79 Å². The van der Waals surface area contributed by atoms with E-state index in [0.717, 1.165) is 48.4 Å². The number of fused-ring (bicyclic) bond motifs is 1. The standard InChI is InChI=1S/C22H23N3O2/c23-22(27)18-13-17-16(9-8-15-6-2-1-3-7-15)12-21(26)24-19(17)14-20(18)25-10-4-5-11-25/h1-3,6-9,13-14,16H,4-5,10-12H2,(H2,23,27)(H,24,26)/b9-8+. The summed E-state index contributed by atoms with van der Waals surface area (Å²) in [6.07, 6.45) is 6.62. The van der Waals surface area contributed by atoms with Crippen LogP contribution >= 0.6 is 0 Å². The van der Waals surface area contributed by atoms with Gasteiger partial charge in [-0.05, 0) is 36.1 Å². The Hall–Kier alpha value is -3.08. The predicted octanol–water partition coefficient (Wildman–Crippen LogP) is 3.52. The molecular formula is C22H23N3O2. The van der Waals surface area contributed by atoms with Crippen molar-refractivity contribution in [1.29, 1.82) is 0 Å². The van der Waals surface area contributed by atoms with Crippen LogP contribution in [0.4, 0.5) is 11.4 Å². The number of hydrogen-bond acceptors (Lipinski definition) is 3. The van der Waals surface area contributed by atoms with Crippen LogP contribution in [0.15, 0.2) is 48.5 Å². The van der Waals surface area contributed by atoms with Gasteiger partial charge in [0.05, 0.1) is 11.3 Å². The summed E-state index contributed by atoms with van der Waals surface area (Å²) in [7, 11) is 0. The highest BCUT2D eigenvalue weighted by molar-refractivity contribution is 6.03. The van der Waals surface area contributed by atoms with E-state index >= 15 is 0 Å². The molecule has 2 heterocycles. The van der Waals surface area contributed by atoms with Crippen molar-refractivity contribution in [2.75, 3.05) is 23.3 Å². The number of nitrogens with two attached hydrogens (primary N) is 1. The predicted molar refractivity (Wildman–Crippen MR) is 108 cm³/mol. The van der Waals surface area contributed by atoms with Crippen molar-refractivity contribution in [3.8, 4) is 0 Å². The third-order valence-electron chi connectivity index (χ3n) is 5.28. The van der Waals surface area contributed by atoms with Gasteiger partial charge in [0.15, 0.2) is 0 Å². The third-order valence-corrected chi connectivity index (χ3v) is 5.28. The second kappa shape index (κ2) is 7.27. The molecule has 27 heavy (non-hydrogen) atoms. The van der Waals surface area contributed by atoms with E-state index in [1.165, 1.54) is 0 Å². The number of anilines is 2. The highest BCUT2D eigenvalue weighted by Gasteiger charge is 2.28. The number of carbonyl (C=O) groups excluding carboxylic acids is 2. The second-order valence-corrected chi connectivity index (χ2v) is 7.14. The van der Waals surface area contributed by atoms with E-state index in [9.17, 15) is 9.59 Å². The summed E-state index contributed by atoms with van der Waals surface area (Å²) in [5.41, 5.74) is 9.84. The normalized spacial score (nSPS) is 19.2. The average molecular weight is 361 g/mol. The summed E-state index contributed by atoms with van der Waals surface area (Å²) < 4.78 is 0. The Kier molecular flexibility index (Phi) is 4.67. The smallest absolute Gasteiger partial charge is 0.250 e. The van der Waals surface area contributed by atoms with Gasteiger partial charge in [-0.25, -0.2) is 0 Å². The van der Waals surface area contributed by atoms with Gasteiger partial charge in [-0.1, -0.05) is 42.5 Å². The lowest BCUT2D eigenvalue weighted by Gasteiger charge is -2.28. The molecule has 138 valence electrons. The molecule has 4 rings (SSSR count). The van der Waals surface area contributed by atoms with Gasteiger partial charge in [-0.15, -0.1) is 0 Å². The Balaban J connectivity index is 1.74. The number of amides is 2. The molecule has 2 aromatic carbocycles. The zero-order valence-corrected chi connectivity index (χ0v) is 15.2. The molecular weight excluding hydrogens is 338 g/mol. The zero-order chi connectivity index (χ0) is 18.8. The molecule has 5 heteroatoms. The molecule has 2 amide bonds. The molecule has 2 aliphatic heterocycles. The summed E-state index contributed by atoms with van der Waals surface area (Å²) in [5.74, 6) is -0.522. The second-order valence-electron chi connectivity index (χ2n) is 7.14. The molecule has 3 N–H and O–H groups in total. The Labute approximate surface area is 158 Å². The van der Waals surface area contributed by atoms with Gasteiger partial charge in [-0.3, -0.25) is 9.59 Å². The van der Waals surface area contributed by atoms with Crippen LogP contribution in [0.25, 0.3) is 6.08 Å². The van der Waals surface area contributed by atoms with Crippen molar-refractivity contribution in [3.63, 3.8) is 0 Å². The lowest BCUT2D eigenvalue weighted by atomic mass is 9.87. The van der Waals surface area contributed by atoms with Gasteiger partial charge in [0.2, 0.25) is 5.91 Å². The van der Waals surface area contributed by atoms with E-state index in [1.54, 1.807) is 0 Å². The number of nitrogens with zero attached hydrogens (tertiary/aromatic N) is 1. The monoisotopic (exact) mass is 361 g/mol. The fraction of sp³-hybridized carbons (Fsp3) is 0.273. The molecule has 0 spiro atoms. The highest BCUT2D eigenvalue weighted by atomic mass is 16.2. The maximum Gasteiger partial charge on any atom is 0.250 e. The maximum absolute atomic E-state index is 12.2. The van der Waals surface area contributed by atoms with Gasteiger partial charge in [0, 0.05) is 31.1 Å². The minimum Gasteiger partial charge on any atom is -0.371 e. The van der Waals surface area contributed by atoms with Crippen molar-refractivity contribution >= 4 is 29.3 Å². The molecule has 1 fully saturated rings. The van der Waals surface area contributed by atoms with Crippen molar-refractivity contribution in [3.05, 3.63) is 65.2 Å². The number of hydrogen-bond donors (Lipinski definition) is 2. The van der Waals surface area contributed by atoms with Crippen molar-refractivity contribution in [2.45, 2.75) is 25.2 Å². The Morgan fingerprint density at radius 1 is 1.15 bits per heavy atom. The van der Waals surface area contributed by atoms with E-state index in [0.29, 0.717) is 12.0 Å². The maximum atomic E-state index is 12.2. The summed E-state index contributed by atoms with van der Waals surface area (Å²) in [6, 6.07) is 13.8. The van der Waals surface area contributed by atoms with E-state index < -0.39 is 5.91 Å². The number of benzene rings is 2. The summed E-state index contributed by atoms with van der Waals surface area (Å²) in [6.45, 7) is 1.81. The van der Waals surface area contributed by atoms with Crippen LogP contribution in [0.1, 0.15) is 46.7 Å². The van der Waals surface area contributed by atoms with Crippen LogP contribution < -0.4 is 16.0 Å². The molecule has 5 nitrogen and oxygen atoms in total. The van der Waals surface area contributed by atoms with Gasteiger partial charge in [0.1, 0.15) is 0 Å². The quantitative estimate of drug-likeness (QED) is 0.875. The molecule has 1 saturated heterocycles. The highest BCUT2D eigenvalue weighted by Crippen LogP contribution is 2.39. The molecule has 2 aromatic rings. The number of carbonyl (C=O) groups is 2. The number of primary amides is 1. The molecule has 1 atom stereocenters. The minimum atomic E-state index is -0.428. The first kappa shape index (κ1) is 17.3. The number of allylic oxidation sites excluding steroid dienone is 1. The fourth-order valence-electron chi connectivity index (χ4n) is 3.91. The lowest BCUT2D eigenvalue weighted by Crippen LogP contribution is -2.27. The molecule has 0 aromatic heterocycles. The fourth-order valence-corrected chi connectivity index (χ4v) is 3.91. The molecule has 0 saturated carbocycles. The zero-order valence-electron chi connectivity index (χ0n) is 15.2. The molecule has 1 unspecified atom stereocenters. The first-order valence-corrected chi connectivity index (χ1v) is 9.37. The molecule has 0 radical (unpaired) electrons. The van der Waals surface area contributed by atoms with Gasteiger partial charge in [-0.2, -0.15) is 0 Å². The summed E-state index contributed by atoms with van der Waals surface area (Å²) in [4.78, 5) is 26.5. The van der Waals surface area contributed by atoms with Gasteiger partial charge in [0.25, 0.3) is 5.91 Å². The van der Waals surface area contributed by atoms with Crippen LogP contribution in [0.5, 0.6) is 0 Å². The van der Waals surface area contributed by atoms with Crippen molar-refractivity contribution in [2.24, 2.45) is 5.73 Å². The molecule has 0 bridgehead atoms. The minimum absolute atomic E-state index is 0.00981. The lowest BCUT2D eigenvalue weighted by molar-refractivity contribution is -0.116. The van der Waals surface area contributed by atoms with Crippen LogP contribution in [0.3, 0.4) is 0 Å². The van der Waals surface area contributed by atoms with E-state index in [-0.39, 0.29) is 11.8 Å². The Bertz CT molecular complexity index is 899. The van der Waals surface area contributed by atoms with Crippen molar-refractivity contribution < 1.29 is 9.59 Å². The summed E-state index contributed by atoms with van der Waals surface area (Å²) in [5, 5.41) is 2.97. The first-order chi connectivity index (χ1) is 13.1. The number of nitrogens with one attached hydrogen (secondary N) is 1. The molecule has 0 aliphatic carbocycles. The van der Waals surface area contributed by atoms with Gasteiger partial charge >= 0.3 is 0 Å². The van der Waals surface area contributed by atoms with E-state index in [2.05, 4.69) is 10.2 Å². The largest absolute Gasteiger partial charge is 0.371 e. The Morgan fingerprint density at radius 3 is 2.59 bits per heavy atom.